The summed E-state index contributed by atoms with van der Waals surface area (Å²) in [6, 6.07) is 0.190. The van der Waals surface area contributed by atoms with Crippen molar-refractivity contribution in [1.82, 2.24) is 4.90 Å². The molecule has 0 saturated carbocycles. The molecule has 1 saturated heterocycles. The van der Waals surface area contributed by atoms with Gasteiger partial charge in [-0.15, -0.1) is 0 Å². The van der Waals surface area contributed by atoms with E-state index < -0.39 is 0 Å². The molecule has 0 aromatic heterocycles. The highest BCUT2D eigenvalue weighted by Crippen LogP contribution is 2.26. The van der Waals surface area contributed by atoms with Crippen LogP contribution in [0.1, 0.15) is 33.6 Å². The van der Waals surface area contributed by atoms with Crippen molar-refractivity contribution in [2.75, 3.05) is 13.2 Å². The van der Waals surface area contributed by atoms with Crippen molar-refractivity contribution in [3.05, 3.63) is 0 Å². The Morgan fingerprint density at radius 1 is 1.45 bits per heavy atom. The van der Waals surface area contributed by atoms with Crippen molar-refractivity contribution >= 4 is 0 Å². The zero-order valence-electron chi connectivity index (χ0n) is 7.73. The topological polar surface area (TPSA) is 3.24 Å². The van der Waals surface area contributed by atoms with E-state index in [1.165, 1.54) is 0 Å². The highest BCUT2D eigenvalue weighted by molar-refractivity contribution is 4.87. The number of hydrogen-bond acceptors (Lipinski definition) is 1. The van der Waals surface area contributed by atoms with Gasteiger partial charge in [0.1, 0.15) is 6.67 Å². The summed E-state index contributed by atoms with van der Waals surface area (Å²) >= 11 is 0. The zero-order valence-corrected chi connectivity index (χ0v) is 7.73. The quantitative estimate of drug-likeness (QED) is 0.567. The molecule has 66 valence electrons. The second-order valence-corrected chi connectivity index (χ2v) is 4.31. The predicted octanol–water partition coefficient (Wildman–Crippen LogP) is 2.22. The fourth-order valence-corrected chi connectivity index (χ4v) is 1.88. The average Bonchev–Trinajstić information content (AvgIpc) is 2.31. The second kappa shape index (κ2) is 3.10. The summed E-state index contributed by atoms with van der Waals surface area (Å²) in [6.07, 6.45) is 2.19. The second-order valence-electron chi connectivity index (χ2n) is 4.31. The van der Waals surface area contributed by atoms with Gasteiger partial charge >= 0.3 is 0 Å². The molecule has 0 radical (unpaired) electrons. The molecule has 1 unspecified atom stereocenters. The van der Waals surface area contributed by atoms with Crippen molar-refractivity contribution in [3.8, 4) is 0 Å². The lowest BCUT2D eigenvalue weighted by Gasteiger charge is -2.35. The monoisotopic (exact) mass is 159 g/mol. The maximum absolute atomic E-state index is 12.4. The van der Waals surface area contributed by atoms with E-state index >= 15 is 0 Å². The van der Waals surface area contributed by atoms with Gasteiger partial charge < -0.3 is 0 Å². The smallest absolute Gasteiger partial charge is 0.105 e. The standard InChI is InChI=1S/C9H18FN/c1-9(2,3)11-6-4-5-8(11)7-10/h8H,4-7H2,1-3H3. The van der Waals surface area contributed by atoms with Gasteiger partial charge in [-0.25, -0.2) is 4.39 Å². The zero-order chi connectivity index (χ0) is 8.48. The van der Waals surface area contributed by atoms with Crippen molar-refractivity contribution in [2.24, 2.45) is 0 Å². The van der Waals surface area contributed by atoms with Gasteiger partial charge in [0.2, 0.25) is 0 Å². The third-order valence-electron chi connectivity index (χ3n) is 2.42. The molecule has 0 N–H and O–H groups in total. The average molecular weight is 159 g/mol. The molecule has 0 spiro atoms. The maximum Gasteiger partial charge on any atom is 0.105 e. The Labute approximate surface area is 68.6 Å². The first-order valence-electron chi connectivity index (χ1n) is 4.38. The molecule has 1 aliphatic heterocycles. The van der Waals surface area contributed by atoms with E-state index in [1.54, 1.807) is 0 Å². The Bertz CT molecular complexity index is 128. The molecule has 0 aromatic carbocycles. The van der Waals surface area contributed by atoms with Crippen LogP contribution in [0.3, 0.4) is 0 Å². The van der Waals surface area contributed by atoms with E-state index in [4.69, 9.17) is 0 Å². The van der Waals surface area contributed by atoms with Crippen LogP contribution in [0.25, 0.3) is 0 Å². The number of likely N-dealkylation sites (tertiary alicyclic amines) is 1. The minimum Gasteiger partial charge on any atom is -0.293 e. The normalized spacial score (nSPS) is 27.8. The van der Waals surface area contributed by atoms with E-state index in [0.29, 0.717) is 0 Å². The first kappa shape index (κ1) is 8.98. The minimum atomic E-state index is -0.183. The van der Waals surface area contributed by atoms with Crippen molar-refractivity contribution in [2.45, 2.75) is 45.2 Å². The fourth-order valence-electron chi connectivity index (χ4n) is 1.88. The summed E-state index contributed by atoms with van der Waals surface area (Å²) in [5, 5.41) is 0. The molecule has 1 aliphatic rings. The minimum absolute atomic E-state index is 0.146. The third kappa shape index (κ3) is 1.92. The third-order valence-corrected chi connectivity index (χ3v) is 2.42. The number of alkyl halides is 1. The summed E-state index contributed by atoms with van der Waals surface area (Å²) in [5.74, 6) is 0. The summed E-state index contributed by atoms with van der Waals surface area (Å²) in [7, 11) is 0. The van der Waals surface area contributed by atoms with Crippen LogP contribution < -0.4 is 0 Å². The molecule has 0 amide bonds. The SMILES string of the molecule is CC(C)(C)N1CCCC1CF. The van der Waals surface area contributed by atoms with Crippen molar-refractivity contribution in [1.29, 1.82) is 0 Å². The number of rotatable bonds is 1. The van der Waals surface area contributed by atoms with Gasteiger partial charge in [0.05, 0.1) is 0 Å². The van der Waals surface area contributed by atoms with E-state index in [2.05, 4.69) is 25.7 Å². The van der Waals surface area contributed by atoms with Crippen LogP contribution in [0, 0.1) is 0 Å². The molecule has 1 rings (SSSR count). The molecule has 11 heavy (non-hydrogen) atoms. The Hall–Kier alpha value is -0.110. The fraction of sp³-hybridized carbons (Fsp3) is 1.00. The van der Waals surface area contributed by atoms with Gasteiger partial charge in [-0.3, -0.25) is 4.90 Å². The van der Waals surface area contributed by atoms with E-state index in [1.807, 2.05) is 0 Å². The van der Waals surface area contributed by atoms with Gasteiger partial charge in [-0.1, -0.05) is 0 Å². The summed E-state index contributed by atoms with van der Waals surface area (Å²) in [5.41, 5.74) is 0.146. The van der Waals surface area contributed by atoms with E-state index in [-0.39, 0.29) is 18.3 Å². The first-order valence-corrected chi connectivity index (χ1v) is 4.38. The van der Waals surface area contributed by atoms with Crippen LogP contribution in [-0.2, 0) is 0 Å². The summed E-state index contributed by atoms with van der Waals surface area (Å²) < 4.78 is 12.4. The van der Waals surface area contributed by atoms with Crippen LogP contribution in [0.5, 0.6) is 0 Å². The van der Waals surface area contributed by atoms with Gasteiger partial charge in [-0.2, -0.15) is 0 Å². The van der Waals surface area contributed by atoms with Crippen molar-refractivity contribution in [3.63, 3.8) is 0 Å². The molecule has 0 aromatic rings. The summed E-state index contributed by atoms with van der Waals surface area (Å²) in [6.45, 7) is 7.35. The lowest BCUT2D eigenvalue weighted by atomic mass is 10.1. The van der Waals surface area contributed by atoms with Crippen LogP contribution in [-0.4, -0.2) is 29.7 Å². The van der Waals surface area contributed by atoms with Crippen LogP contribution in [0.15, 0.2) is 0 Å². The van der Waals surface area contributed by atoms with E-state index in [9.17, 15) is 4.39 Å². The molecule has 1 nitrogen and oxygen atoms in total. The molecule has 0 bridgehead atoms. The Morgan fingerprint density at radius 3 is 2.45 bits per heavy atom. The summed E-state index contributed by atoms with van der Waals surface area (Å²) in [4.78, 5) is 2.27. The predicted molar refractivity (Wildman–Crippen MR) is 45.5 cm³/mol. The molecule has 0 aliphatic carbocycles. The maximum atomic E-state index is 12.4. The Morgan fingerprint density at radius 2 is 2.09 bits per heavy atom. The van der Waals surface area contributed by atoms with Gasteiger partial charge in [0, 0.05) is 11.6 Å². The van der Waals surface area contributed by atoms with Crippen LogP contribution in [0.2, 0.25) is 0 Å². The highest BCUT2D eigenvalue weighted by atomic mass is 19.1. The highest BCUT2D eigenvalue weighted by Gasteiger charge is 2.32. The molecule has 1 fully saturated rings. The van der Waals surface area contributed by atoms with Gasteiger partial charge in [0.15, 0.2) is 0 Å². The lowest BCUT2D eigenvalue weighted by Crippen LogP contribution is -2.45. The van der Waals surface area contributed by atoms with Gasteiger partial charge in [0.25, 0.3) is 0 Å². The number of hydrogen-bond donors (Lipinski definition) is 0. The van der Waals surface area contributed by atoms with Crippen molar-refractivity contribution < 1.29 is 4.39 Å². The molecular weight excluding hydrogens is 141 g/mol. The van der Waals surface area contributed by atoms with E-state index in [0.717, 1.165) is 19.4 Å². The van der Waals surface area contributed by atoms with Gasteiger partial charge in [-0.05, 0) is 40.2 Å². The number of halogens is 1. The molecule has 1 heterocycles. The molecule has 2 heteroatoms. The van der Waals surface area contributed by atoms with Crippen LogP contribution in [0.4, 0.5) is 4.39 Å². The lowest BCUT2D eigenvalue weighted by molar-refractivity contribution is 0.105. The molecular formula is C9H18FN. The Balaban J connectivity index is 2.57. The molecule has 1 atom stereocenters. The first-order chi connectivity index (χ1) is 5.05. The number of nitrogens with zero attached hydrogens (tertiary/aromatic N) is 1. The largest absolute Gasteiger partial charge is 0.293 e. The Kier molecular flexibility index (Phi) is 2.53. The van der Waals surface area contributed by atoms with Crippen LogP contribution >= 0.6 is 0 Å².